The molecule has 0 aliphatic carbocycles. The molecule has 0 radical (unpaired) electrons. The normalized spacial score (nSPS) is 16.0. The van der Waals surface area contributed by atoms with Crippen molar-refractivity contribution in [2.24, 2.45) is 0 Å². The second kappa shape index (κ2) is 14.4. The number of nitrogens with one attached hydrogen (secondary N) is 4. The number of carbonyl (C=O) groups is 3. The molecule has 11 nitrogen and oxygen atoms in total. The maximum absolute atomic E-state index is 14.5. The van der Waals surface area contributed by atoms with Gasteiger partial charge in [-0.1, -0.05) is 93.6 Å². The fraction of sp³-hybridized carbons (Fsp3) is 0.214. The Morgan fingerprint density at radius 1 is 0.774 bits per heavy atom. The van der Waals surface area contributed by atoms with E-state index < -0.39 is 12.1 Å². The van der Waals surface area contributed by atoms with Gasteiger partial charge in [-0.2, -0.15) is 0 Å². The first kappa shape index (κ1) is 35.1. The van der Waals surface area contributed by atoms with Crippen LogP contribution < -0.4 is 20.7 Å². The molecule has 1 aliphatic rings. The number of hydrogen-bond donors (Lipinski definition) is 5. The third-order valence-electron chi connectivity index (χ3n) is 9.58. The van der Waals surface area contributed by atoms with E-state index in [0.29, 0.717) is 40.8 Å². The number of fused-ring (bicyclic) bond motifs is 2. The third-order valence-corrected chi connectivity index (χ3v) is 9.58. The summed E-state index contributed by atoms with van der Waals surface area (Å²) in [7, 11) is 1.41. The van der Waals surface area contributed by atoms with E-state index in [2.05, 4.69) is 27.0 Å². The van der Waals surface area contributed by atoms with Crippen LogP contribution in [0.5, 0.6) is 5.75 Å². The number of morpholine rings is 1. The number of H-pyrrole nitrogens is 1. The third kappa shape index (κ3) is 7.24. The quantitative estimate of drug-likeness (QED) is 0.112. The number of carboxylic acid groups (broad SMARTS) is 1. The summed E-state index contributed by atoms with van der Waals surface area (Å²) in [4.78, 5) is 44.9. The first-order valence-electron chi connectivity index (χ1n) is 17.4. The molecular formula is C42H41N5O6. The number of anilines is 3. The molecule has 1 aliphatic heterocycles. The van der Waals surface area contributed by atoms with Gasteiger partial charge in [0, 0.05) is 33.6 Å². The zero-order valence-electron chi connectivity index (χ0n) is 29.9. The molecule has 2 heterocycles. The number of aromatic nitrogens is 1. The summed E-state index contributed by atoms with van der Waals surface area (Å²) >= 11 is 0. The fourth-order valence-corrected chi connectivity index (χ4v) is 6.93. The summed E-state index contributed by atoms with van der Waals surface area (Å²) < 4.78 is 12.2. The van der Waals surface area contributed by atoms with Crippen LogP contribution in [0.15, 0.2) is 109 Å². The molecule has 0 saturated carbocycles. The van der Waals surface area contributed by atoms with E-state index in [1.54, 1.807) is 24.3 Å². The number of urea groups is 1. The van der Waals surface area contributed by atoms with Crippen molar-refractivity contribution < 1.29 is 29.0 Å². The minimum absolute atomic E-state index is 0.145. The van der Waals surface area contributed by atoms with Gasteiger partial charge in [0.1, 0.15) is 12.2 Å². The van der Waals surface area contributed by atoms with Gasteiger partial charge >= 0.3 is 12.1 Å². The maximum atomic E-state index is 14.5. The van der Waals surface area contributed by atoms with E-state index >= 15 is 0 Å². The SMILES string of the molecule is COc1c(NC(=O)O)cc(C(C)(C)C)cc1NC(=O)Nc1ccc(C(=O)N2CC(c3ccccc3)OC(c3c[nH]c4ccccc34)C2)c2ccccc12. The van der Waals surface area contributed by atoms with Crippen molar-refractivity contribution in [3.8, 4) is 5.75 Å². The molecule has 2 atom stereocenters. The summed E-state index contributed by atoms with van der Waals surface area (Å²) in [5.41, 5.74) is 4.90. The van der Waals surface area contributed by atoms with E-state index in [1.165, 1.54) is 7.11 Å². The number of para-hydroxylation sites is 1. The molecule has 7 rings (SSSR count). The van der Waals surface area contributed by atoms with E-state index in [-0.39, 0.29) is 35.0 Å². The van der Waals surface area contributed by atoms with Crippen molar-refractivity contribution in [3.63, 3.8) is 0 Å². The van der Waals surface area contributed by atoms with Crippen LogP contribution in [0.2, 0.25) is 0 Å². The number of ether oxygens (including phenoxy) is 2. The van der Waals surface area contributed by atoms with Gasteiger partial charge < -0.3 is 35.1 Å². The minimum atomic E-state index is -1.26. The molecule has 0 spiro atoms. The monoisotopic (exact) mass is 711 g/mol. The number of benzene rings is 5. The van der Waals surface area contributed by atoms with Crippen LogP contribution >= 0.6 is 0 Å². The van der Waals surface area contributed by atoms with E-state index in [0.717, 1.165) is 27.6 Å². The van der Waals surface area contributed by atoms with E-state index in [1.807, 2.05) is 105 Å². The first-order chi connectivity index (χ1) is 25.5. The van der Waals surface area contributed by atoms with Gasteiger partial charge in [-0.25, -0.2) is 9.59 Å². The molecule has 11 heteroatoms. The highest BCUT2D eigenvalue weighted by atomic mass is 16.5. The van der Waals surface area contributed by atoms with Crippen molar-refractivity contribution in [2.45, 2.75) is 38.4 Å². The second-order valence-corrected chi connectivity index (χ2v) is 14.1. The van der Waals surface area contributed by atoms with Crippen LogP contribution in [-0.4, -0.2) is 53.2 Å². The summed E-state index contributed by atoms with van der Waals surface area (Å²) in [5.74, 6) is 0.0278. The average Bonchev–Trinajstić information content (AvgIpc) is 3.59. The largest absolute Gasteiger partial charge is 0.492 e. The lowest BCUT2D eigenvalue weighted by atomic mass is 9.86. The Bertz CT molecular complexity index is 2330. The smallest absolute Gasteiger partial charge is 0.409 e. The van der Waals surface area contributed by atoms with Crippen molar-refractivity contribution in [1.29, 1.82) is 0 Å². The number of rotatable bonds is 7. The van der Waals surface area contributed by atoms with Gasteiger partial charge in [0.2, 0.25) is 0 Å². The van der Waals surface area contributed by atoms with Gasteiger partial charge in [0.25, 0.3) is 5.91 Å². The molecule has 6 aromatic rings. The predicted molar refractivity (Wildman–Crippen MR) is 207 cm³/mol. The predicted octanol–water partition coefficient (Wildman–Crippen LogP) is 9.32. The molecular weight excluding hydrogens is 670 g/mol. The number of amides is 4. The van der Waals surface area contributed by atoms with Gasteiger partial charge in [0.15, 0.2) is 5.75 Å². The number of nitrogens with zero attached hydrogens (tertiary/aromatic N) is 1. The number of carbonyl (C=O) groups excluding carboxylic acids is 2. The summed E-state index contributed by atoms with van der Waals surface area (Å²) in [5, 5.41) is 20.0. The van der Waals surface area contributed by atoms with Gasteiger partial charge in [-0.3, -0.25) is 10.1 Å². The van der Waals surface area contributed by atoms with Crippen LogP contribution in [0, 0.1) is 0 Å². The van der Waals surface area contributed by atoms with E-state index in [4.69, 9.17) is 9.47 Å². The summed E-state index contributed by atoms with van der Waals surface area (Å²) in [6.45, 7) is 6.68. The lowest BCUT2D eigenvalue weighted by Crippen LogP contribution is -2.43. The number of aromatic amines is 1. The Hall–Kier alpha value is -6.33. The van der Waals surface area contributed by atoms with Crippen molar-refractivity contribution >= 4 is 56.8 Å². The molecule has 270 valence electrons. The number of methoxy groups -OCH3 is 1. The van der Waals surface area contributed by atoms with E-state index in [9.17, 15) is 19.5 Å². The Morgan fingerprint density at radius 2 is 1.40 bits per heavy atom. The fourth-order valence-electron chi connectivity index (χ4n) is 6.93. The molecule has 53 heavy (non-hydrogen) atoms. The zero-order valence-corrected chi connectivity index (χ0v) is 29.9. The maximum Gasteiger partial charge on any atom is 0.409 e. The second-order valence-electron chi connectivity index (χ2n) is 14.1. The summed E-state index contributed by atoms with van der Waals surface area (Å²) in [6.07, 6.45) is -0.00883. The zero-order chi connectivity index (χ0) is 37.3. The topological polar surface area (TPSA) is 145 Å². The average molecular weight is 712 g/mol. The molecule has 1 aromatic heterocycles. The van der Waals surface area contributed by atoms with Gasteiger partial charge in [-0.05, 0) is 52.3 Å². The molecule has 1 saturated heterocycles. The lowest BCUT2D eigenvalue weighted by Gasteiger charge is -2.38. The molecule has 2 unspecified atom stereocenters. The van der Waals surface area contributed by atoms with Crippen LogP contribution in [-0.2, 0) is 10.2 Å². The summed E-state index contributed by atoms with van der Waals surface area (Å²) in [6, 6.07) is 31.8. The van der Waals surface area contributed by atoms with Crippen LogP contribution in [0.3, 0.4) is 0 Å². The first-order valence-corrected chi connectivity index (χ1v) is 17.4. The Morgan fingerprint density at radius 3 is 2.09 bits per heavy atom. The van der Waals surface area contributed by atoms with Gasteiger partial charge in [0.05, 0.1) is 37.3 Å². The highest BCUT2D eigenvalue weighted by molar-refractivity contribution is 6.13. The molecule has 5 N–H and O–H groups in total. The van der Waals surface area contributed by atoms with Crippen molar-refractivity contribution in [2.75, 3.05) is 36.1 Å². The van der Waals surface area contributed by atoms with Crippen LogP contribution in [0.1, 0.15) is 60.0 Å². The van der Waals surface area contributed by atoms with Crippen LogP contribution in [0.25, 0.3) is 21.7 Å². The number of hydrogen-bond acceptors (Lipinski definition) is 5. The molecule has 1 fully saturated rings. The van der Waals surface area contributed by atoms with Gasteiger partial charge in [-0.15, -0.1) is 0 Å². The molecule has 5 aromatic carbocycles. The molecule has 0 bridgehead atoms. The molecule has 4 amide bonds. The lowest BCUT2D eigenvalue weighted by molar-refractivity contribution is -0.0791. The Balaban J connectivity index is 1.19. The highest BCUT2D eigenvalue weighted by Crippen LogP contribution is 2.40. The Labute approximate surface area is 306 Å². The van der Waals surface area contributed by atoms with Crippen LogP contribution in [0.4, 0.5) is 26.7 Å². The minimum Gasteiger partial charge on any atom is -0.492 e. The Kier molecular flexibility index (Phi) is 9.51. The van der Waals surface area contributed by atoms with Crippen molar-refractivity contribution in [3.05, 3.63) is 132 Å². The highest BCUT2D eigenvalue weighted by Gasteiger charge is 2.34. The van der Waals surface area contributed by atoms with Crippen molar-refractivity contribution in [1.82, 2.24) is 9.88 Å². The standard InChI is InChI=1S/C42H41N5O6/c1-42(2,3)26-20-34(38(52-4)35(21-26)46-41(50)51)45-40(49)44-33-19-18-30(27-14-8-9-15-28(27)33)39(48)47-23-36(25-12-6-5-7-13-25)53-37(24-47)31-22-43-32-17-11-10-16-29(31)32/h5-22,36-37,43,46H,23-24H2,1-4H3,(H,50,51)(H2,44,45,49).